The van der Waals surface area contributed by atoms with Gasteiger partial charge in [-0.25, -0.2) is 11.1 Å². The molecule has 0 aliphatic carbocycles. The second-order valence-corrected chi connectivity index (χ2v) is 4.23. The number of hydrazine groups is 5. The Morgan fingerprint density at radius 2 is 1.47 bits per heavy atom. The van der Waals surface area contributed by atoms with Crippen molar-refractivity contribution in [3.05, 3.63) is 0 Å². The lowest BCUT2D eigenvalue weighted by Crippen LogP contribution is -2.80. The van der Waals surface area contributed by atoms with Gasteiger partial charge in [-0.3, -0.25) is 30.3 Å². The average Bonchev–Trinajstić information content (AvgIpc) is 2.23. The molecule has 0 aromatic rings. The maximum atomic E-state index is 3.14. The van der Waals surface area contributed by atoms with Gasteiger partial charge >= 0.3 is 22.2 Å². The Hall–Kier alpha value is 0.485. The zero-order valence-electron chi connectivity index (χ0n) is 9.13. The standard InChI is InChI=1S/B3H16N9Si3/c13-8-5-3-11(6-9-14)1-4-2-12(3)7-10-15/h4-10H,13-15H3. The Morgan fingerprint density at radius 3 is 1.87 bits per heavy atom. The minimum atomic E-state index is -0.0633. The summed E-state index contributed by atoms with van der Waals surface area (Å²) >= 11 is 0. The molecule has 0 saturated carbocycles. The molecule has 1 aliphatic rings. The normalized spacial score (nSPS) is 19.3. The van der Waals surface area contributed by atoms with E-state index < -0.39 is 0 Å². The molecule has 1 rings (SSSR count). The van der Waals surface area contributed by atoms with Crippen LogP contribution in [0.5, 0.6) is 0 Å². The van der Waals surface area contributed by atoms with Crippen LogP contribution in [0.3, 0.4) is 0 Å². The molecule has 15 heavy (non-hydrogen) atoms. The van der Waals surface area contributed by atoms with E-state index in [-0.39, 0.29) is 7.12 Å². The van der Waals surface area contributed by atoms with Crippen molar-refractivity contribution >= 4 is 53.4 Å². The van der Waals surface area contributed by atoms with Gasteiger partial charge in [-0.2, -0.15) is 0 Å². The van der Waals surface area contributed by atoms with E-state index in [0.29, 0.717) is 0 Å². The highest BCUT2D eigenvalue weighted by molar-refractivity contribution is 6.72. The molecule has 1 heterocycles. The Bertz CT molecular complexity index is 153. The minimum absolute atomic E-state index is 0.0633. The Labute approximate surface area is 100 Å². The molecule has 0 aromatic heterocycles. The van der Waals surface area contributed by atoms with Crippen molar-refractivity contribution in [2.24, 2.45) is 0 Å². The zero-order valence-corrected chi connectivity index (χ0v) is 15.1. The highest BCUT2D eigenvalue weighted by Gasteiger charge is 2.35. The SMILES string of the molecule is [SiH3]NNB1N(NN[SiH3])[B]N[B]N1NN[SiH3]. The van der Waals surface area contributed by atoms with Crippen LogP contribution in [0.4, 0.5) is 0 Å². The van der Waals surface area contributed by atoms with Crippen LogP contribution >= 0.6 is 0 Å². The van der Waals surface area contributed by atoms with E-state index in [2.05, 4.69) is 36.8 Å². The smallest absolute Gasteiger partial charge is 0.377 e. The topological polar surface area (TPSA) is 90.7 Å². The van der Waals surface area contributed by atoms with Gasteiger partial charge in [0, 0.05) is 0 Å². The molecule has 0 atom stereocenters. The summed E-state index contributed by atoms with van der Waals surface area (Å²) in [6.07, 6.45) is 0. The lowest BCUT2D eigenvalue weighted by atomic mass is 9.73. The maximum absolute atomic E-state index is 3.14. The van der Waals surface area contributed by atoms with E-state index >= 15 is 0 Å². The van der Waals surface area contributed by atoms with E-state index in [1.165, 1.54) is 0 Å². The van der Waals surface area contributed by atoms with Crippen LogP contribution in [-0.2, 0) is 0 Å². The van der Waals surface area contributed by atoms with Gasteiger partial charge in [0.15, 0.2) is 0 Å². The molecule has 0 amide bonds. The van der Waals surface area contributed by atoms with Gasteiger partial charge in [0.25, 0.3) is 0 Å². The quantitative estimate of drug-likeness (QED) is 0.185. The predicted molar refractivity (Wildman–Crippen MR) is 72.7 cm³/mol. The first-order valence-corrected chi connectivity index (χ1v) is 7.60. The Morgan fingerprint density at radius 1 is 0.933 bits per heavy atom. The molecule has 15 heteroatoms. The summed E-state index contributed by atoms with van der Waals surface area (Å²) < 4.78 is 0. The summed E-state index contributed by atoms with van der Waals surface area (Å²) in [5.74, 6) is 0. The number of hydrogen-bond acceptors (Lipinski definition) is 9. The number of nitrogens with one attached hydrogen (secondary N) is 7. The van der Waals surface area contributed by atoms with E-state index in [4.69, 9.17) is 0 Å². The number of nitrogens with zero attached hydrogens (tertiary/aromatic N) is 2. The first-order chi connectivity index (χ1) is 7.33. The highest BCUT2D eigenvalue weighted by Crippen LogP contribution is 1.91. The molecule has 2 radical (unpaired) electrons. The molecule has 1 aliphatic heterocycles. The number of rotatable bonds is 6. The molecule has 9 nitrogen and oxygen atoms in total. The summed E-state index contributed by atoms with van der Waals surface area (Å²) in [6, 6.07) is 0. The van der Waals surface area contributed by atoms with Crippen LogP contribution in [0.25, 0.3) is 0 Å². The molecular weight excluding hydrogens is 243 g/mol. The molecule has 0 unspecified atom stereocenters. The second-order valence-electron chi connectivity index (χ2n) is 2.73. The van der Waals surface area contributed by atoms with Crippen LogP contribution in [-0.4, -0.2) is 63.1 Å². The summed E-state index contributed by atoms with van der Waals surface area (Å²) in [5.41, 5.74) is 6.06. The van der Waals surface area contributed by atoms with Crippen LogP contribution in [0.2, 0.25) is 0 Å². The molecular formula is H16B3N9Si3. The minimum Gasteiger partial charge on any atom is -0.377 e. The summed E-state index contributed by atoms with van der Waals surface area (Å²) in [6.45, 7) is 0. The van der Waals surface area contributed by atoms with Crippen molar-refractivity contribution in [1.29, 1.82) is 0 Å². The van der Waals surface area contributed by atoms with Gasteiger partial charge in [-0.1, -0.05) is 0 Å². The molecule has 0 bridgehead atoms. The lowest BCUT2D eigenvalue weighted by molar-refractivity contribution is 0.349. The molecule has 1 fully saturated rings. The summed E-state index contributed by atoms with van der Waals surface area (Å²) in [5, 5.41) is 15.2. The summed E-state index contributed by atoms with van der Waals surface area (Å²) in [7, 11) is 6.19. The zero-order chi connectivity index (χ0) is 11.1. The van der Waals surface area contributed by atoms with Gasteiger partial charge in [0.2, 0.25) is 0 Å². The van der Waals surface area contributed by atoms with E-state index in [1.54, 1.807) is 0 Å². The maximum Gasteiger partial charge on any atom is 0.423 e. The van der Waals surface area contributed by atoms with Crippen LogP contribution in [0, 0.1) is 0 Å². The highest BCUT2D eigenvalue weighted by atomic mass is 28.2. The lowest BCUT2D eigenvalue weighted by Gasteiger charge is -2.40. The third-order valence-corrected chi connectivity index (χ3v) is 2.45. The van der Waals surface area contributed by atoms with Crippen molar-refractivity contribution < 1.29 is 0 Å². The largest absolute Gasteiger partial charge is 0.423 e. The summed E-state index contributed by atoms with van der Waals surface area (Å²) in [4.78, 5) is 3.73. The fourth-order valence-corrected chi connectivity index (χ4v) is 1.96. The van der Waals surface area contributed by atoms with Gasteiger partial charge in [-0.05, 0) is 0 Å². The third-order valence-electron chi connectivity index (χ3n) is 1.71. The van der Waals surface area contributed by atoms with Gasteiger partial charge in [0.1, 0.15) is 0 Å². The fourth-order valence-electron chi connectivity index (χ4n) is 1.18. The van der Waals surface area contributed by atoms with Gasteiger partial charge in [0.05, 0.1) is 31.2 Å². The van der Waals surface area contributed by atoms with Crippen molar-refractivity contribution in [3.63, 3.8) is 0 Å². The second kappa shape index (κ2) is 7.71. The average molecular weight is 259 g/mol. The molecule has 82 valence electrons. The first kappa shape index (κ1) is 13.6. The Balaban J connectivity index is 2.53. The van der Waals surface area contributed by atoms with Crippen molar-refractivity contribution in [2.45, 2.75) is 0 Å². The third kappa shape index (κ3) is 4.09. The molecule has 1 saturated heterocycles. The predicted octanol–water partition coefficient (Wildman–Crippen LogP) is -8.80. The van der Waals surface area contributed by atoms with Crippen LogP contribution in [0.1, 0.15) is 0 Å². The molecule has 0 aromatic carbocycles. The van der Waals surface area contributed by atoms with Gasteiger partial charge < -0.3 is 5.14 Å². The monoisotopic (exact) mass is 259 g/mol. The van der Waals surface area contributed by atoms with E-state index in [1.807, 2.05) is 24.8 Å². The Kier molecular flexibility index (Phi) is 6.96. The van der Waals surface area contributed by atoms with Crippen molar-refractivity contribution in [1.82, 2.24) is 46.5 Å². The molecule has 0 spiro atoms. The number of hydrogen-bond donors (Lipinski definition) is 7. The van der Waals surface area contributed by atoms with Crippen molar-refractivity contribution in [2.75, 3.05) is 0 Å². The first-order valence-electron chi connectivity index (χ1n) is 4.60. The molecule has 7 N–H and O–H groups in total. The van der Waals surface area contributed by atoms with Gasteiger partial charge in [-0.15, -0.1) is 0 Å². The van der Waals surface area contributed by atoms with Crippen molar-refractivity contribution in [3.8, 4) is 0 Å². The van der Waals surface area contributed by atoms with E-state index in [9.17, 15) is 0 Å². The fraction of sp³-hybridized carbons (Fsp3) is 0. The van der Waals surface area contributed by atoms with Crippen LogP contribution in [0.15, 0.2) is 0 Å². The van der Waals surface area contributed by atoms with E-state index in [0.717, 1.165) is 31.2 Å². The van der Waals surface area contributed by atoms with Crippen LogP contribution < -0.4 is 36.8 Å².